The second-order valence-electron chi connectivity index (χ2n) is 4.20. The van der Waals surface area contributed by atoms with Crippen molar-refractivity contribution in [1.82, 2.24) is 0 Å². The molecule has 2 aromatic rings. The van der Waals surface area contributed by atoms with E-state index < -0.39 is 17.4 Å². The van der Waals surface area contributed by atoms with E-state index in [2.05, 4.69) is 0 Å². The third-order valence-corrected chi connectivity index (χ3v) is 2.92. The van der Waals surface area contributed by atoms with Crippen molar-refractivity contribution < 1.29 is 13.6 Å². The van der Waals surface area contributed by atoms with E-state index in [4.69, 9.17) is 5.73 Å². The first-order chi connectivity index (χ1) is 9.11. The molecule has 0 atom stereocenters. The maximum Gasteiger partial charge on any atom is 0.170 e. The van der Waals surface area contributed by atoms with Gasteiger partial charge in [-0.3, -0.25) is 4.79 Å². The average Bonchev–Trinajstić information content (AvgIpc) is 2.39. The summed E-state index contributed by atoms with van der Waals surface area (Å²) in [5.74, 6) is -1.93. The molecule has 0 saturated heterocycles. The van der Waals surface area contributed by atoms with Crippen molar-refractivity contribution in [2.45, 2.75) is 13.0 Å². The SMILES string of the molecule is NCc1ccccc1CC(=O)c1ccc(F)cc1F. The summed E-state index contributed by atoms with van der Waals surface area (Å²) in [6, 6.07) is 10.2. The van der Waals surface area contributed by atoms with Crippen molar-refractivity contribution in [1.29, 1.82) is 0 Å². The van der Waals surface area contributed by atoms with Crippen LogP contribution >= 0.6 is 0 Å². The predicted octanol–water partition coefficient (Wildman–Crippen LogP) is 2.85. The largest absolute Gasteiger partial charge is 0.326 e. The van der Waals surface area contributed by atoms with Crippen LogP contribution in [0.1, 0.15) is 21.5 Å². The summed E-state index contributed by atoms with van der Waals surface area (Å²) in [6.07, 6.45) is 0.0515. The van der Waals surface area contributed by atoms with E-state index in [-0.39, 0.29) is 12.0 Å². The van der Waals surface area contributed by atoms with E-state index in [0.717, 1.165) is 23.3 Å². The van der Waals surface area contributed by atoms with Gasteiger partial charge >= 0.3 is 0 Å². The Balaban J connectivity index is 2.26. The van der Waals surface area contributed by atoms with Crippen molar-refractivity contribution in [2.75, 3.05) is 0 Å². The maximum absolute atomic E-state index is 13.5. The number of hydrogen-bond acceptors (Lipinski definition) is 2. The first kappa shape index (κ1) is 13.4. The van der Waals surface area contributed by atoms with Crippen molar-refractivity contribution in [3.63, 3.8) is 0 Å². The van der Waals surface area contributed by atoms with E-state index in [1.54, 1.807) is 12.1 Å². The fourth-order valence-corrected chi connectivity index (χ4v) is 1.91. The van der Waals surface area contributed by atoms with Gasteiger partial charge in [0.25, 0.3) is 0 Å². The molecule has 0 saturated carbocycles. The molecule has 2 aromatic carbocycles. The molecular formula is C15H13F2NO. The highest BCUT2D eigenvalue weighted by atomic mass is 19.1. The van der Waals surface area contributed by atoms with Crippen molar-refractivity contribution in [3.8, 4) is 0 Å². The standard InChI is InChI=1S/C15H13F2NO/c16-12-5-6-13(14(17)8-12)15(19)7-10-3-1-2-4-11(10)9-18/h1-6,8H,7,9,18H2. The summed E-state index contributed by atoms with van der Waals surface area (Å²) in [6.45, 7) is 0.315. The number of ketones is 1. The first-order valence-corrected chi connectivity index (χ1v) is 5.87. The number of carbonyl (C=O) groups is 1. The van der Waals surface area contributed by atoms with Gasteiger partial charge < -0.3 is 5.73 Å². The highest BCUT2D eigenvalue weighted by Crippen LogP contribution is 2.15. The zero-order valence-electron chi connectivity index (χ0n) is 10.2. The third-order valence-electron chi connectivity index (χ3n) is 2.92. The fourth-order valence-electron chi connectivity index (χ4n) is 1.91. The van der Waals surface area contributed by atoms with Gasteiger partial charge in [-0.1, -0.05) is 24.3 Å². The predicted molar refractivity (Wildman–Crippen MR) is 68.7 cm³/mol. The summed E-state index contributed by atoms with van der Waals surface area (Å²) in [5.41, 5.74) is 7.08. The molecule has 0 amide bonds. The minimum absolute atomic E-state index is 0.0515. The molecule has 0 spiro atoms. The molecule has 0 aromatic heterocycles. The molecule has 2 nitrogen and oxygen atoms in total. The van der Waals surface area contributed by atoms with Gasteiger partial charge in [0.05, 0.1) is 5.56 Å². The Morgan fingerprint density at radius 2 is 1.74 bits per heavy atom. The molecule has 0 bridgehead atoms. The normalized spacial score (nSPS) is 10.5. The first-order valence-electron chi connectivity index (χ1n) is 5.87. The zero-order chi connectivity index (χ0) is 13.8. The number of rotatable bonds is 4. The van der Waals surface area contributed by atoms with Crippen LogP contribution in [0.25, 0.3) is 0 Å². The van der Waals surface area contributed by atoms with Gasteiger partial charge in [-0.15, -0.1) is 0 Å². The summed E-state index contributed by atoms with van der Waals surface area (Å²) in [7, 11) is 0. The molecule has 0 aliphatic carbocycles. The van der Waals surface area contributed by atoms with Gasteiger partial charge in [-0.2, -0.15) is 0 Å². The quantitative estimate of drug-likeness (QED) is 0.860. The van der Waals surface area contributed by atoms with Crippen LogP contribution in [0.15, 0.2) is 42.5 Å². The molecule has 0 unspecified atom stereocenters. The smallest absolute Gasteiger partial charge is 0.170 e. The zero-order valence-corrected chi connectivity index (χ0v) is 10.2. The summed E-state index contributed by atoms with van der Waals surface area (Å²) < 4.78 is 26.3. The number of halogens is 2. The number of hydrogen-bond donors (Lipinski definition) is 1. The second kappa shape index (κ2) is 5.71. The summed E-state index contributed by atoms with van der Waals surface area (Å²) in [5, 5.41) is 0. The maximum atomic E-state index is 13.5. The molecule has 2 N–H and O–H groups in total. The minimum Gasteiger partial charge on any atom is -0.326 e. The van der Waals surface area contributed by atoms with Crippen molar-refractivity contribution in [2.24, 2.45) is 5.73 Å². The van der Waals surface area contributed by atoms with Crippen LogP contribution in [0.3, 0.4) is 0 Å². The number of Topliss-reactive ketones (excluding diaryl/α,β-unsaturated/α-hetero) is 1. The van der Waals surface area contributed by atoms with Gasteiger partial charge in [0, 0.05) is 19.0 Å². The Hall–Kier alpha value is -2.07. The van der Waals surface area contributed by atoms with Gasteiger partial charge in [-0.05, 0) is 23.3 Å². The summed E-state index contributed by atoms with van der Waals surface area (Å²) >= 11 is 0. The van der Waals surface area contributed by atoms with Crippen LogP contribution in [0.4, 0.5) is 8.78 Å². The van der Waals surface area contributed by atoms with E-state index in [1.165, 1.54) is 0 Å². The van der Waals surface area contributed by atoms with E-state index in [1.807, 2.05) is 12.1 Å². The Bertz CT molecular complexity index is 611. The van der Waals surface area contributed by atoms with Crippen LogP contribution in [0, 0.1) is 11.6 Å². The topological polar surface area (TPSA) is 43.1 Å². The second-order valence-corrected chi connectivity index (χ2v) is 4.20. The average molecular weight is 261 g/mol. The van der Waals surface area contributed by atoms with Crippen LogP contribution in [0.5, 0.6) is 0 Å². The molecule has 4 heteroatoms. The lowest BCUT2D eigenvalue weighted by Crippen LogP contribution is -2.10. The van der Waals surface area contributed by atoms with Gasteiger partial charge in [-0.25, -0.2) is 8.78 Å². The van der Waals surface area contributed by atoms with E-state index in [0.29, 0.717) is 12.6 Å². The van der Waals surface area contributed by atoms with Gasteiger partial charge in [0.1, 0.15) is 11.6 Å². The molecule has 0 heterocycles. The Morgan fingerprint density at radius 1 is 1.05 bits per heavy atom. The lowest BCUT2D eigenvalue weighted by Gasteiger charge is -2.07. The van der Waals surface area contributed by atoms with Crippen molar-refractivity contribution in [3.05, 3.63) is 70.8 Å². The molecule has 0 fully saturated rings. The lowest BCUT2D eigenvalue weighted by atomic mass is 9.98. The van der Waals surface area contributed by atoms with Gasteiger partial charge in [0.2, 0.25) is 0 Å². The molecule has 0 radical (unpaired) electrons. The number of nitrogens with two attached hydrogens (primary N) is 1. The molecule has 0 aliphatic heterocycles. The Morgan fingerprint density at radius 3 is 2.37 bits per heavy atom. The van der Waals surface area contributed by atoms with E-state index in [9.17, 15) is 13.6 Å². The van der Waals surface area contributed by atoms with Gasteiger partial charge in [0.15, 0.2) is 5.78 Å². The fraction of sp³-hybridized carbons (Fsp3) is 0.133. The lowest BCUT2D eigenvalue weighted by molar-refractivity contribution is 0.0989. The van der Waals surface area contributed by atoms with Crippen LogP contribution in [-0.4, -0.2) is 5.78 Å². The third kappa shape index (κ3) is 3.03. The highest BCUT2D eigenvalue weighted by molar-refractivity contribution is 5.97. The minimum atomic E-state index is -0.838. The summed E-state index contributed by atoms with van der Waals surface area (Å²) in [4.78, 5) is 12.0. The molecule has 0 aliphatic rings. The highest BCUT2D eigenvalue weighted by Gasteiger charge is 2.14. The van der Waals surface area contributed by atoms with Crippen molar-refractivity contribution >= 4 is 5.78 Å². The molecule has 2 rings (SSSR count). The monoisotopic (exact) mass is 261 g/mol. The van der Waals surface area contributed by atoms with E-state index >= 15 is 0 Å². The number of benzene rings is 2. The Labute approximate surface area is 109 Å². The number of carbonyl (C=O) groups excluding carboxylic acids is 1. The molecular weight excluding hydrogens is 248 g/mol. The molecule has 19 heavy (non-hydrogen) atoms. The Kier molecular flexibility index (Phi) is 4.02. The van der Waals surface area contributed by atoms with Crippen LogP contribution in [0.2, 0.25) is 0 Å². The van der Waals surface area contributed by atoms with Crippen LogP contribution < -0.4 is 5.73 Å². The van der Waals surface area contributed by atoms with Crippen LogP contribution in [-0.2, 0) is 13.0 Å². The molecule has 98 valence electrons.